The molecule has 0 bridgehead atoms. The Labute approximate surface area is 204 Å². The highest BCUT2D eigenvalue weighted by atomic mass is 19.4. The second-order valence-electron chi connectivity index (χ2n) is 10.9. The van der Waals surface area contributed by atoms with Crippen molar-refractivity contribution in [1.82, 2.24) is 0 Å². The van der Waals surface area contributed by atoms with Crippen LogP contribution < -0.4 is 5.73 Å². The number of anilines is 1. The molecule has 1 aromatic rings. The predicted molar refractivity (Wildman–Crippen MR) is 128 cm³/mol. The van der Waals surface area contributed by atoms with E-state index in [1.54, 1.807) is 6.08 Å². The van der Waals surface area contributed by atoms with E-state index in [9.17, 15) is 22.8 Å². The summed E-state index contributed by atoms with van der Waals surface area (Å²) >= 11 is 0. The van der Waals surface area contributed by atoms with Gasteiger partial charge in [0.2, 0.25) is 0 Å². The van der Waals surface area contributed by atoms with Gasteiger partial charge in [0.05, 0.1) is 5.41 Å². The number of hydrogen-bond acceptors (Lipinski definition) is 3. The molecule has 35 heavy (non-hydrogen) atoms. The molecule has 0 saturated heterocycles. The maximum atomic E-state index is 13.2. The van der Waals surface area contributed by atoms with Crippen molar-refractivity contribution in [1.29, 1.82) is 0 Å². The molecule has 0 heterocycles. The van der Waals surface area contributed by atoms with Gasteiger partial charge in [-0.25, -0.2) is 0 Å². The van der Waals surface area contributed by atoms with Crippen molar-refractivity contribution in [2.45, 2.75) is 70.9 Å². The van der Waals surface area contributed by atoms with Gasteiger partial charge in [0.15, 0.2) is 5.78 Å². The Bertz CT molecular complexity index is 1210. The zero-order valence-corrected chi connectivity index (χ0v) is 20.1. The number of rotatable bonds is 2. The molecule has 2 fully saturated rings. The van der Waals surface area contributed by atoms with Gasteiger partial charge in [0, 0.05) is 23.9 Å². The first kappa shape index (κ1) is 23.9. The van der Waals surface area contributed by atoms with Crippen molar-refractivity contribution < 1.29 is 22.8 Å². The van der Waals surface area contributed by atoms with Gasteiger partial charge in [-0.05, 0) is 97.6 Å². The lowest BCUT2D eigenvalue weighted by Gasteiger charge is -2.54. The molecule has 0 radical (unpaired) electrons. The van der Waals surface area contributed by atoms with Crippen LogP contribution in [0.1, 0.15) is 70.3 Å². The third kappa shape index (κ3) is 3.75. The van der Waals surface area contributed by atoms with E-state index >= 15 is 0 Å². The number of halogens is 3. The second kappa shape index (κ2) is 8.11. The third-order valence-electron chi connectivity index (χ3n) is 9.29. The topological polar surface area (TPSA) is 60.2 Å². The Morgan fingerprint density at radius 2 is 1.83 bits per heavy atom. The standard InChI is InChI=1S/C29H30F3NO2/c1-17(34)28(13-14-29(30,31)32)12-11-25-23-9-5-19-15-21(35)8-10-22(19)26(23)24(16-27(25,28)2)18-3-6-20(33)7-4-18/h3-4,6-7,15,23-25H,5,8-12,16,33H2,1-2H3/t23-,24+,25-,27-,28+/m0/s1. The number of nitrogens with two attached hydrogens (primary N) is 1. The summed E-state index contributed by atoms with van der Waals surface area (Å²) in [7, 11) is 0. The molecule has 0 amide bonds. The fraction of sp³-hybridized carbons (Fsp3) is 0.517. The fourth-order valence-corrected chi connectivity index (χ4v) is 7.76. The van der Waals surface area contributed by atoms with Gasteiger partial charge in [-0.1, -0.05) is 30.6 Å². The van der Waals surface area contributed by atoms with E-state index in [1.165, 1.54) is 24.0 Å². The number of ketones is 2. The average molecular weight is 482 g/mol. The quantitative estimate of drug-likeness (QED) is 0.398. The maximum Gasteiger partial charge on any atom is 0.457 e. The van der Waals surface area contributed by atoms with Crippen LogP contribution in [-0.4, -0.2) is 17.7 Å². The molecule has 0 spiro atoms. The molecular formula is C29H30F3NO2. The van der Waals surface area contributed by atoms with E-state index in [1.807, 2.05) is 31.2 Å². The summed E-state index contributed by atoms with van der Waals surface area (Å²) in [6, 6.07) is 7.69. The maximum absolute atomic E-state index is 13.2. The Morgan fingerprint density at radius 3 is 2.49 bits per heavy atom. The van der Waals surface area contributed by atoms with E-state index in [-0.39, 0.29) is 29.3 Å². The number of alkyl halides is 3. The largest absolute Gasteiger partial charge is 0.457 e. The number of carbonyl (C=O) groups is 2. The normalized spacial score (nSPS) is 34.3. The zero-order valence-electron chi connectivity index (χ0n) is 20.1. The minimum atomic E-state index is -4.64. The molecule has 1 aromatic carbocycles. The Kier molecular flexibility index (Phi) is 5.54. The number of allylic oxidation sites excluding steroid dienone is 4. The van der Waals surface area contributed by atoms with Crippen LogP contribution in [0.25, 0.3) is 0 Å². The number of fused-ring (bicyclic) bond motifs is 4. The van der Waals surface area contributed by atoms with Crippen molar-refractivity contribution in [2.75, 3.05) is 5.73 Å². The smallest absolute Gasteiger partial charge is 0.399 e. The molecule has 5 atom stereocenters. The lowest BCUT2D eigenvalue weighted by Crippen LogP contribution is -2.50. The summed E-state index contributed by atoms with van der Waals surface area (Å²) in [5, 5.41) is 0. The molecule has 0 unspecified atom stereocenters. The summed E-state index contributed by atoms with van der Waals surface area (Å²) in [6.07, 6.45) is 1.54. The van der Waals surface area contributed by atoms with E-state index in [2.05, 4.69) is 5.92 Å². The van der Waals surface area contributed by atoms with Gasteiger partial charge < -0.3 is 5.73 Å². The highest BCUT2D eigenvalue weighted by Gasteiger charge is 2.65. The van der Waals surface area contributed by atoms with E-state index in [4.69, 9.17) is 5.73 Å². The summed E-state index contributed by atoms with van der Waals surface area (Å²) in [6.45, 7) is 3.40. The number of benzene rings is 1. The van der Waals surface area contributed by atoms with Crippen molar-refractivity contribution in [2.24, 2.45) is 22.7 Å². The predicted octanol–water partition coefficient (Wildman–Crippen LogP) is 6.31. The fourth-order valence-electron chi connectivity index (χ4n) is 7.76. The average Bonchev–Trinajstić information content (AvgIpc) is 3.10. The summed E-state index contributed by atoms with van der Waals surface area (Å²) in [4.78, 5) is 25.3. The first-order valence-corrected chi connectivity index (χ1v) is 12.4. The molecule has 184 valence electrons. The number of carbonyl (C=O) groups excluding carboxylic acids is 2. The number of nitrogen functional groups attached to an aromatic ring is 1. The molecule has 6 heteroatoms. The molecular weight excluding hydrogens is 451 g/mol. The monoisotopic (exact) mass is 481 g/mol. The number of Topliss-reactive ketones (excluding diaryl/α,β-unsaturated/α-hetero) is 1. The molecule has 4 aliphatic rings. The van der Waals surface area contributed by atoms with Crippen molar-refractivity contribution in [3.63, 3.8) is 0 Å². The molecule has 3 nitrogen and oxygen atoms in total. The highest BCUT2D eigenvalue weighted by molar-refractivity contribution is 5.93. The zero-order chi connectivity index (χ0) is 25.2. The van der Waals surface area contributed by atoms with Crippen LogP contribution in [0.4, 0.5) is 18.9 Å². The van der Waals surface area contributed by atoms with Gasteiger partial charge >= 0.3 is 6.18 Å². The third-order valence-corrected chi connectivity index (χ3v) is 9.29. The van der Waals surface area contributed by atoms with E-state index < -0.39 is 17.0 Å². The first-order valence-electron chi connectivity index (χ1n) is 12.4. The lowest BCUT2D eigenvalue weighted by atomic mass is 9.48. The molecule has 0 aliphatic heterocycles. The van der Waals surface area contributed by atoms with Crippen LogP contribution >= 0.6 is 0 Å². The van der Waals surface area contributed by atoms with Gasteiger partial charge in [-0.15, -0.1) is 0 Å². The Morgan fingerprint density at radius 1 is 1.11 bits per heavy atom. The van der Waals surface area contributed by atoms with Gasteiger partial charge in [0.25, 0.3) is 0 Å². The van der Waals surface area contributed by atoms with Crippen LogP contribution in [0, 0.1) is 34.5 Å². The summed E-state index contributed by atoms with van der Waals surface area (Å²) in [5.74, 6) is 4.04. The Balaban J connectivity index is 1.71. The summed E-state index contributed by atoms with van der Waals surface area (Å²) in [5.41, 5.74) is 9.33. The SMILES string of the molecule is CC(=O)[C@]1(C#CC(F)(F)F)CC[C@H]2[C@@H]3CCC4=CC(=O)CCC4=C3[C@@H](c3ccc(N)cc3)C[C@@]21C. The molecule has 2 saturated carbocycles. The van der Waals surface area contributed by atoms with Crippen LogP contribution in [-0.2, 0) is 9.59 Å². The first-order chi connectivity index (χ1) is 16.4. The van der Waals surface area contributed by atoms with Crippen molar-refractivity contribution in [3.05, 3.63) is 52.6 Å². The molecule has 4 aliphatic carbocycles. The van der Waals surface area contributed by atoms with E-state index in [0.717, 1.165) is 24.0 Å². The highest BCUT2D eigenvalue weighted by Crippen LogP contribution is 2.69. The van der Waals surface area contributed by atoms with Crippen LogP contribution in [0.15, 0.2) is 47.1 Å². The van der Waals surface area contributed by atoms with Crippen LogP contribution in [0.5, 0.6) is 0 Å². The second-order valence-corrected chi connectivity index (χ2v) is 10.9. The Hall–Kier alpha value is -2.81. The van der Waals surface area contributed by atoms with Crippen molar-refractivity contribution in [3.8, 4) is 11.8 Å². The number of hydrogen-bond donors (Lipinski definition) is 1. The van der Waals surface area contributed by atoms with E-state index in [0.29, 0.717) is 37.8 Å². The van der Waals surface area contributed by atoms with Crippen molar-refractivity contribution >= 4 is 17.3 Å². The molecule has 5 rings (SSSR count). The van der Waals surface area contributed by atoms with Gasteiger partial charge in [-0.2, -0.15) is 13.2 Å². The minimum absolute atomic E-state index is 0.0572. The summed E-state index contributed by atoms with van der Waals surface area (Å²) < 4.78 is 39.7. The molecule has 2 N–H and O–H groups in total. The van der Waals surface area contributed by atoms with Crippen LogP contribution in [0.2, 0.25) is 0 Å². The lowest BCUT2D eigenvalue weighted by molar-refractivity contribution is -0.130. The molecule has 0 aromatic heterocycles. The van der Waals surface area contributed by atoms with Gasteiger partial charge in [0.1, 0.15) is 5.78 Å². The van der Waals surface area contributed by atoms with Gasteiger partial charge in [-0.3, -0.25) is 9.59 Å². The van der Waals surface area contributed by atoms with Crippen LogP contribution in [0.3, 0.4) is 0 Å². The minimum Gasteiger partial charge on any atom is -0.399 e.